The standard InChI is InChI=1S/C13H18N2O5S/c1-8(2)19-7-13(16)15-11-6-20-12-4-3-9(5-10(11)12)21(14,17)18/h3-5,8,11H,6-7H2,1-2H3,(H,15,16)(H2,14,17,18). The number of carbonyl (C=O) groups excluding carboxylic acids is 1. The maximum absolute atomic E-state index is 11.8. The third-order valence-corrected chi connectivity index (χ3v) is 3.88. The van der Waals surface area contributed by atoms with E-state index in [0.717, 1.165) is 0 Å². The van der Waals surface area contributed by atoms with Gasteiger partial charge < -0.3 is 14.8 Å². The number of ether oxygens (including phenoxy) is 2. The van der Waals surface area contributed by atoms with Gasteiger partial charge in [0.05, 0.1) is 17.0 Å². The van der Waals surface area contributed by atoms with Crippen molar-refractivity contribution in [3.63, 3.8) is 0 Å². The van der Waals surface area contributed by atoms with E-state index in [1.807, 2.05) is 13.8 Å². The average Bonchev–Trinajstić information content (AvgIpc) is 2.78. The zero-order valence-corrected chi connectivity index (χ0v) is 12.6. The summed E-state index contributed by atoms with van der Waals surface area (Å²) in [6.07, 6.45) is -0.0446. The van der Waals surface area contributed by atoms with Crippen molar-refractivity contribution >= 4 is 15.9 Å². The first-order chi connectivity index (χ1) is 9.77. The summed E-state index contributed by atoms with van der Waals surface area (Å²) >= 11 is 0. The van der Waals surface area contributed by atoms with Gasteiger partial charge in [0.25, 0.3) is 0 Å². The summed E-state index contributed by atoms with van der Waals surface area (Å²) < 4.78 is 33.4. The molecule has 1 aromatic rings. The molecule has 0 spiro atoms. The second kappa shape index (κ2) is 6.00. The predicted octanol–water partition coefficient (Wildman–Crippen LogP) is 0.309. The zero-order chi connectivity index (χ0) is 15.6. The van der Waals surface area contributed by atoms with Crippen LogP contribution in [0, 0.1) is 0 Å². The molecular weight excluding hydrogens is 296 g/mol. The summed E-state index contributed by atoms with van der Waals surface area (Å²) in [4.78, 5) is 11.8. The minimum absolute atomic E-state index is 0.00979. The summed E-state index contributed by atoms with van der Waals surface area (Å²) in [6.45, 7) is 3.86. The van der Waals surface area contributed by atoms with Crippen molar-refractivity contribution in [1.29, 1.82) is 0 Å². The predicted molar refractivity (Wildman–Crippen MR) is 75.3 cm³/mol. The van der Waals surface area contributed by atoms with Gasteiger partial charge in [-0.15, -0.1) is 0 Å². The Hall–Kier alpha value is -1.64. The maximum atomic E-state index is 11.8. The highest BCUT2D eigenvalue weighted by atomic mass is 32.2. The van der Waals surface area contributed by atoms with Crippen molar-refractivity contribution in [3.05, 3.63) is 23.8 Å². The highest BCUT2D eigenvalue weighted by molar-refractivity contribution is 7.89. The van der Waals surface area contributed by atoms with Crippen molar-refractivity contribution in [2.45, 2.75) is 30.9 Å². The number of rotatable bonds is 5. The number of fused-ring (bicyclic) bond motifs is 1. The summed E-state index contributed by atoms with van der Waals surface area (Å²) in [5, 5.41) is 7.85. The van der Waals surface area contributed by atoms with E-state index < -0.39 is 16.1 Å². The van der Waals surface area contributed by atoms with Gasteiger partial charge in [-0.2, -0.15) is 0 Å². The SMILES string of the molecule is CC(C)OCC(=O)NC1COc2ccc(S(N)(=O)=O)cc21. The first-order valence-electron chi connectivity index (χ1n) is 6.48. The number of nitrogens with one attached hydrogen (secondary N) is 1. The van der Waals surface area contributed by atoms with E-state index in [2.05, 4.69) is 5.32 Å². The Balaban J connectivity index is 2.12. The second-order valence-corrected chi connectivity index (χ2v) is 6.60. The number of hydrogen-bond acceptors (Lipinski definition) is 5. The van der Waals surface area contributed by atoms with Crippen LogP contribution in [0.3, 0.4) is 0 Å². The largest absolute Gasteiger partial charge is 0.491 e. The van der Waals surface area contributed by atoms with Crippen molar-refractivity contribution in [2.24, 2.45) is 5.14 Å². The average molecular weight is 314 g/mol. The molecule has 116 valence electrons. The Morgan fingerprint density at radius 1 is 1.52 bits per heavy atom. The van der Waals surface area contributed by atoms with Gasteiger partial charge in [-0.25, -0.2) is 13.6 Å². The van der Waals surface area contributed by atoms with Crippen LogP contribution >= 0.6 is 0 Å². The molecule has 1 aliphatic heterocycles. The molecule has 21 heavy (non-hydrogen) atoms. The molecule has 2 rings (SSSR count). The van der Waals surface area contributed by atoms with Gasteiger partial charge in [-0.1, -0.05) is 0 Å². The van der Waals surface area contributed by atoms with Crippen LogP contribution in [0.1, 0.15) is 25.5 Å². The van der Waals surface area contributed by atoms with Crippen molar-refractivity contribution < 1.29 is 22.7 Å². The molecule has 1 unspecified atom stereocenters. The number of nitrogens with two attached hydrogens (primary N) is 1. The van der Waals surface area contributed by atoms with Gasteiger partial charge in [0, 0.05) is 5.56 Å². The number of benzene rings is 1. The van der Waals surface area contributed by atoms with Gasteiger partial charge in [-0.3, -0.25) is 4.79 Å². The highest BCUT2D eigenvalue weighted by Crippen LogP contribution is 2.33. The van der Waals surface area contributed by atoms with Crippen LogP contribution in [0.2, 0.25) is 0 Å². The van der Waals surface area contributed by atoms with Gasteiger partial charge in [-0.05, 0) is 32.0 Å². The molecule has 1 aliphatic rings. The number of amides is 1. The first-order valence-corrected chi connectivity index (χ1v) is 8.02. The number of carbonyl (C=O) groups is 1. The molecule has 3 N–H and O–H groups in total. The van der Waals surface area contributed by atoms with E-state index in [9.17, 15) is 13.2 Å². The maximum Gasteiger partial charge on any atom is 0.246 e. The zero-order valence-electron chi connectivity index (χ0n) is 11.8. The summed E-state index contributed by atoms with van der Waals surface area (Å²) in [7, 11) is -3.79. The monoisotopic (exact) mass is 314 g/mol. The third-order valence-electron chi connectivity index (χ3n) is 2.97. The molecule has 0 saturated heterocycles. The molecule has 0 saturated carbocycles. The molecule has 0 bridgehead atoms. The lowest BCUT2D eigenvalue weighted by Gasteiger charge is -2.13. The Morgan fingerprint density at radius 3 is 2.86 bits per heavy atom. The molecule has 8 heteroatoms. The topological polar surface area (TPSA) is 108 Å². The van der Waals surface area contributed by atoms with Crippen LogP contribution in [0.4, 0.5) is 0 Å². The molecule has 0 fully saturated rings. The lowest BCUT2D eigenvalue weighted by Crippen LogP contribution is -2.33. The molecule has 0 aliphatic carbocycles. The molecular formula is C13H18N2O5S. The lowest BCUT2D eigenvalue weighted by molar-refractivity contribution is -0.127. The van der Waals surface area contributed by atoms with Crippen LogP contribution in [-0.4, -0.2) is 33.6 Å². The molecule has 0 radical (unpaired) electrons. The molecule has 1 atom stereocenters. The highest BCUT2D eigenvalue weighted by Gasteiger charge is 2.27. The van der Waals surface area contributed by atoms with Crippen LogP contribution in [0.25, 0.3) is 0 Å². The van der Waals surface area contributed by atoms with Crippen LogP contribution in [0.5, 0.6) is 5.75 Å². The van der Waals surface area contributed by atoms with Gasteiger partial charge in [0.1, 0.15) is 19.0 Å². The minimum atomic E-state index is -3.79. The summed E-state index contributed by atoms with van der Waals surface area (Å²) in [5.74, 6) is 0.253. The van der Waals surface area contributed by atoms with Gasteiger partial charge in [0.15, 0.2) is 0 Å². The van der Waals surface area contributed by atoms with Crippen LogP contribution < -0.4 is 15.2 Å². The Morgan fingerprint density at radius 2 is 2.24 bits per heavy atom. The number of sulfonamides is 1. The lowest BCUT2D eigenvalue weighted by atomic mass is 10.1. The van der Waals surface area contributed by atoms with Crippen molar-refractivity contribution in [1.82, 2.24) is 5.32 Å². The van der Waals surface area contributed by atoms with E-state index in [4.69, 9.17) is 14.6 Å². The van der Waals surface area contributed by atoms with Crippen LogP contribution in [-0.2, 0) is 19.6 Å². The number of primary sulfonamides is 1. The molecule has 0 aromatic heterocycles. The fourth-order valence-electron chi connectivity index (χ4n) is 1.97. The fourth-order valence-corrected chi connectivity index (χ4v) is 2.52. The Bertz CT molecular complexity index is 642. The number of hydrogen-bond donors (Lipinski definition) is 2. The first kappa shape index (κ1) is 15.7. The quantitative estimate of drug-likeness (QED) is 0.813. The van der Waals surface area contributed by atoms with E-state index in [0.29, 0.717) is 11.3 Å². The Labute approximate surface area is 123 Å². The molecule has 1 amide bonds. The normalized spacial score (nSPS) is 17.4. The van der Waals surface area contributed by atoms with E-state index >= 15 is 0 Å². The second-order valence-electron chi connectivity index (χ2n) is 5.04. The fraction of sp³-hybridized carbons (Fsp3) is 0.462. The molecule has 1 aromatic carbocycles. The van der Waals surface area contributed by atoms with Crippen molar-refractivity contribution in [3.8, 4) is 5.75 Å². The third kappa shape index (κ3) is 3.93. The van der Waals surface area contributed by atoms with E-state index in [-0.39, 0.29) is 30.1 Å². The van der Waals surface area contributed by atoms with Crippen molar-refractivity contribution in [2.75, 3.05) is 13.2 Å². The van der Waals surface area contributed by atoms with Gasteiger partial charge in [0.2, 0.25) is 15.9 Å². The minimum Gasteiger partial charge on any atom is -0.491 e. The molecule has 7 nitrogen and oxygen atoms in total. The summed E-state index contributed by atoms with van der Waals surface area (Å²) in [5.41, 5.74) is 0.597. The van der Waals surface area contributed by atoms with Crippen LogP contribution in [0.15, 0.2) is 23.1 Å². The van der Waals surface area contributed by atoms with Gasteiger partial charge >= 0.3 is 0 Å². The summed E-state index contributed by atoms with van der Waals surface area (Å²) in [6, 6.07) is 3.92. The Kier molecular flexibility index (Phi) is 4.50. The van der Waals surface area contributed by atoms with E-state index in [1.165, 1.54) is 18.2 Å². The molecule has 1 heterocycles. The smallest absolute Gasteiger partial charge is 0.246 e. The van der Waals surface area contributed by atoms with E-state index in [1.54, 1.807) is 0 Å².